The highest BCUT2D eigenvalue weighted by Crippen LogP contribution is 2.22. The first-order valence-corrected chi connectivity index (χ1v) is 3.81. The Morgan fingerprint density at radius 3 is 2.64 bits per heavy atom. The molecule has 0 saturated carbocycles. The van der Waals surface area contributed by atoms with Gasteiger partial charge in [0, 0.05) is 12.7 Å². The fourth-order valence-electron chi connectivity index (χ4n) is 1.08. The minimum atomic E-state index is -0.319. The van der Waals surface area contributed by atoms with Crippen molar-refractivity contribution in [3.63, 3.8) is 0 Å². The number of aliphatic hydroxyl groups is 1. The third kappa shape index (κ3) is 1.87. The van der Waals surface area contributed by atoms with Crippen molar-refractivity contribution in [1.29, 1.82) is 0 Å². The molecule has 0 radical (unpaired) electrons. The summed E-state index contributed by atoms with van der Waals surface area (Å²) in [6.07, 6.45) is 3.19. The van der Waals surface area contributed by atoms with Gasteiger partial charge >= 0.3 is 0 Å². The molecule has 1 unspecified atom stereocenters. The smallest absolute Gasteiger partial charge is 0.176 e. The SMILES string of the molecule is CC(O)CN1C=COC1(C)C. The lowest BCUT2D eigenvalue weighted by atomic mass is 10.2. The Hall–Kier alpha value is -0.700. The summed E-state index contributed by atoms with van der Waals surface area (Å²) >= 11 is 0. The molecule has 1 atom stereocenters. The van der Waals surface area contributed by atoms with Crippen molar-refractivity contribution < 1.29 is 9.84 Å². The van der Waals surface area contributed by atoms with E-state index in [1.165, 1.54) is 0 Å². The maximum Gasteiger partial charge on any atom is 0.176 e. The monoisotopic (exact) mass is 157 g/mol. The van der Waals surface area contributed by atoms with Crippen LogP contribution in [0.1, 0.15) is 20.8 Å². The van der Waals surface area contributed by atoms with Gasteiger partial charge in [-0.25, -0.2) is 0 Å². The van der Waals surface area contributed by atoms with Crippen molar-refractivity contribution in [3.8, 4) is 0 Å². The van der Waals surface area contributed by atoms with Crippen LogP contribution in [0.4, 0.5) is 0 Å². The molecule has 64 valence electrons. The summed E-state index contributed by atoms with van der Waals surface area (Å²) in [5, 5.41) is 9.11. The molecule has 3 heteroatoms. The Bertz CT molecular complexity index is 163. The van der Waals surface area contributed by atoms with Crippen molar-refractivity contribution in [3.05, 3.63) is 12.5 Å². The normalized spacial score (nSPS) is 23.5. The highest BCUT2D eigenvalue weighted by atomic mass is 16.5. The first-order chi connectivity index (χ1) is 5.02. The molecular weight excluding hydrogens is 142 g/mol. The Morgan fingerprint density at radius 2 is 2.27 bits per heavy atom. The molecule has 0 bridgehead atoms. The number of hydrogen-bond donors (Lipinski definition) is 1. The quantitative estimate of drug-likeness (QED) is 0.646. The van der Waals surface area contributed by atoms with Crippen LogP contribution in [0.25, 0.3) is 0 Å². The molecule has 1 aliphatic rings. The molecular formula is C8H15NO2. The van der Waals surface area contributed by atoms with Crippen molar-refractivity contribution in [2.24, 2.45) is 0 Å². The zero-order valence-electron chi connectivity index (χ0n) is 7.24. The fraction of sp³-hybridized carbons (Fsp3) is 0.750. The largest absolute Gasteiger partial charge is 0.475 e. The summed E-state index contributed by atoms with van der Waals surface area (Å²) in [4.78, 5) is 1.97. The number of hydrogen-bond acceptors (Lipinski definition) is 3. The van der Waals surface area contributed by atoms with Gasteiger partial charge in [-0.2, -0.15) is 0 Å². The zero-order chi connectivity index (χ0) is 8.48. The van der Waals surface area contributed by atoms with Crippen LogP contribution in [0.15, 0.2) is 12.5 Å². The summed E-state index contributed by atoms with van der Waals surface area (Å²) in [7, 11) is 0. The van der Waals surface area contributed by atoms with E-state index in [1.807, 2.05) is 24.9 Å². The molecule has 11 heavy (non-hydrogen) atoms. The van der Waals surface area contributed by atoms with Crippen molar-refractivity contribution in [1.82, 2.24) is 4.90 Å². The van der Waals surface area contributed by atoms with E-state index in [2.05, 4.69) is 0 Å². The average Bonchev–Trinajstić information content (AvgIpc) is 2.10. The van der Waals surface area contributed by atoms with Crippen LogP contribution < -0.4 is 0 Å². The fourth-order valence-corrected chi connectivity index (χ4v) is 1.08. The predicted molar refractivity (Wildman–Crippen MR) is 42.7 cm³/mol. The highest BCUT2D eigenvalue weighted by Gasteiger charge is 2.29. The molecule has 0 saturated heterocycles. The van der Waals surface area contributed by atoms with Crippen LogP contribution in [-0.4, -0.2) is 28.4 Å². The van der Waals surface area contributed by atoms with Gasteiger partial charge < -0.3 is 14.7 Å². The number of β-amino-alcohol motifs (C(OH)–C–C–N with tert-alkyl or cyclic N) is 1. The van der Waals surface area contributed by atoms with Crippen LogP contribution in [0, 0.1) is 0 Å². The summed E-state index contributed by atoms with van der Waals surface area (Å²) in [6, 6.07) is 0. The summed E-state index contributed by atoms with van der Waals surface area (Å²) in [5.41, 5.74) is -0.295. The standard InChI is InChI=1S/C8H15NO2/c1-7(10)6-9-4-5-11-8(9,2)3/h4-5,7,10H,6H2,1-3H3. The maximum atomic E-state index is 9.11. The molecule has 0 aromatic carbocycles. The van der Waals surface area contributed by atoms with Gasteiger partial charge in [0.05, 0.1) is 6.10 Å². The highest BCUT2D eigenvalue weighted by molar-refractivity contribution is 4.92. The Morgan fingerprint density at radius 1 is 1.64 bits per heavy atom. The van der Waals surface area contributed by atoms with Gasteiger partial charge in [-0.15, -0.1) is 0 Å². The first-order valence-electron chi connectivity index (χ1n) is 3.81. The van der Waals surface area contributed by atoms with E-state index < -0.39 is 0 Å². The van der Waals surface area contributed by atoms with E-state index in [0.717, 1.165) is 0 Å². The number of aliphatic hydroxyl groups excluding tert-OH is 1. The Balaban J connectivity index is 2.51. The van der Waals surface area contributed by atoms with Crippen LogP contribution in [0.3, 0.4) is 0 Å². The molecule has 1 N–H and O–H groups in total. The van der Waals surface area contributed by atoms with Crippen molar-refractivity contribution in [2.75, 3.05) is 6.54 Å². The predicted octanol–water partition coefficient (Wildman–Crippen LogP) is 0.907. The molecule has 3 nitrogen and oxygen atoms in total. The Labute approximate surface area is 67.3 Å². The molecule has 0 aliphatic carbocycles. The first kappa shape index (κ1) is 8.40. The van der Waals surface area contributed by atoms with E-state index >= 15 is 0 Å². The van der Waals surface area contributed by atoms with Crippen LogP contribution in [0.5, 0.6) is 0 Å². The molecule has 1 heterocycles. The summed E-state index contributed by atoms with van der Waals surface area (Å²) in [6.45, 7) is 6.32. The second-order valence-electron chi connectivity index (χ2n) is 3.35. The average molecular weight is 157 g/mol. The second-order valence-corrected chi connectivity index (χ2v) is 3.35. The molecule has 0 aromatic heterocycles. The molecule has 0 aromatic rings. The topological polar surface area (TPSA) is 32.7 Å². The molecule has 1 aliphatic heterocycles. The minimum Gasteiger partial charge on any atom is -0.475 e. The van der Waals surface area contributed by atoms with E-state index in [9.17, 15) is 0 Å². The van der Waals surface area contributed by atoms with Gasteiger partial charge in [0.2, 0.25) is 0 Å². The lowest BCUT2D eigenvalue weighted by molar-refractivity contribution is -0.0444. The van der Waals surface area contributed by atoms with Gasteiger partial charge in [0.1, 0.15) is 6.26 Å². The third-order valence-electron chi connectivity index (χ3n) is 1.75. The lowest BCUT2D eigenvalue weighted by Crippen LogP contribution is -2.41. The maximum absolute atomic E-state index is 9.11. The molecule has 0 spiro atoms. The third-order valence-corrected chi connectivity index (χ3v) is 1.75. The van der Waals surface area contributed by atoms with Crippen LogP contribution in [-0.2, 0) is 4.74 Å². The van der Waals surface area contributed by atoms with Crippen molar-refractivity contribution >= 4 is 0 Å². The summed E-state index contributed by atoms with van der Waals surface area (Å²) in [5.74, 6) is 0. The van der Waals surface area contributed by atoms with Crippen LogP contribution >= 0.6 is 0 Å². The number of ether oxygens (including phenoxy) is 1. The number of nitrogens with zero attached hydrogens (tertiary/aromatic N) is 1. The Kier molecular flexibility index (Phi) is 2.09. The summed E-state index contributed by atoms with van der Waals surface area (Å²) < 4.78 is 5.29. The van der Waals surface area contributed by atoms with Gasteiger partial charge in [0.25, 0.3) is 0 Å². The molecule has 0 fully saturated rings. The van der Waals surface area contributed by atoms with Gasteiger partial charge in [-0.05, 0) is 20.8 Å². The molecule has 1 rings (SSSR count). The van der Waals surface area contributed by atoms with E-state index in [-0.39, 0.29) is 11.8 Å². The van der Waals surface area contributed by atoms with E-state index in [4.69, 9.17) is 9.84 Å². The van der Waals surface area contributed by atoms with E-state index in [0.29, 0.717) is 6.54 Å². The minimum absolute atomic E-state index is 0.295. The van der Waals surface area contributed by atoms with Crippen molar-refractivity contribution in [2.45, 2.75) is 32.6 Å². The van der Waals surface area contributed by atoms with Crippen LogP contribution in [0.2, 0.25) is 0 Å². The van der Waals surface area contributed by atoms with Gasteiger partial charge in [0.15, 0.2) is 5.72 Å². The zero-order valence-corrected chi connectivity index (χ0v) is 7.24. The van der Waals surface area contributed by atoms with Gasteiger partial charge in [-0.1, -0.05) is 0 Å². The lowest BCUT2D eigenvalue weighted by Gasteiger charge is -2.31. The molecule has 0 amide bonds. The van der Waals surface area contributed by atoms with Gasteiger partial charge in [-0.3, -0.25) is 0 Å². The second kappa shape index (κ2) is 2.74. The number of rotatable bonds is 2. The van der Waals surface area contributed by atoms with E-state index in [1.54, 1.807) is 13.2 Å².